The highest BCUT2D eigenvalue weighted by Crippen LogP contribution is 2.65. The maximum absolute atomic E-state index is 11.5. The molecular weight excluding hydrogens is 248 g/mol. The predicted molar refractivity (Wildman–Crippen MR) is 77.8 cm³/mol. The van der Waals surface area contributed by atoms with Gasteiger partial charge in [-0.15, -0.1) is 0 Å². The van der Waals surface area contributed by atoms with Crippen molar-refractivity contribution in [1.29, 1.82) is 0 Å². The quantitative estimate of drug-likeness (QED) is 0.888. The highest BCUT2D eigenvalue weighted by Gasteiger charge is 2.60. The molecule has 20 heavy (non-hydrogen) atoms. The lowest BCUT2D eigenvalue weighted by Crippen LogP contribution is -2.59. The van der Waals surface area contributed by atoms with Crippen LogP contribution in [0.2, 0.25) is 0 Å². The Bertz CT molecular complexity index is 466. The summed E-state index contributed by atoms with van der Waals surface area (Å²) in [5.74, 6) is 2.45. The van der Waals surface area contributed by atoms with E-state index in [4.69, 9.17) is 5.73 Å². The second-order valence-electron chi connectivity index (χ2n) is 7.50. The first-order chi connectivity index (χ1) is 9.65. The van der Waals surface area contributed by atoms with Gasteiger partial charge in [0.2, 0.25) is 0 Å². The molecule has 3 heteroatoms. The molecule has 1 unspecified atom stereocenters. The number of hydrogen-bond donors (Lipinski definition) is 2. The minimum Gasteiger partial charge on any atom is -0.383 e. The van der Waals surface area contributed by atoms with Crippen molar-refractivity contribution in [3.63, 3.8) is 0 Å². The smallest absolute Gasteiger partial charge is 0.109 e. The van der Waals surface area contributed by atoms with Gasteiger partial charge in [-0.25, -0.2) is 0 Å². The van der Waals surface area contributed by atoms with Crippen LogP contribution in [-0.2, 0) is 5.60 Å². The fourth-order valence-electron chi connectivity index (χ4n) is 5.87. The van der Waals surface area contributed by atoms with E-state index in [1.165, 1.54) is 19.3 Å². The summed E-state index contributed by atoms with van der Waals surface area (Å²) < 4.78 is 0. The van der Waals surface area contributed by atoms with Crippen LogP contribution < -0.4 is 5.73 Å². The maximum Gasteiger partial charge on any atom is 0.109 e. The molecule has 108 valence electrons. The normalized spacial score (nSPS) is 41.6. The molecule has 4 aliphatic carbocycles. The molecule has 0 saturated heterocycles. The molecule has 0 aromatic carbocycles. The Hall–Kier alpha value is -0.930. The summed E-state index contributed by atoms with van der Waals surface area (Å²) in [7, 11) is 0. The van der Waals surface area contributed by atoms with E-state index in [-0.39, 0.29) is 5.41 Å². The van der Waals surface area contributed by atoms with Crippen LogP contribution in [0.25, 0.3) is 0 Å². The zero-order valence-electron chi connectivity index (χ0n) is 12.0. The molecule has 4 bridgehead atoms. The lowest BCUT2D eigenvalue weighted by atomic mass is 9.44. The van der Waals surface area contributed by atoms with Crippen molar-refractivity contribution in [2.45, 2.75) is 44.1 Å². The monoisotopic (exact) mass is 272 g/mol. The number of pyridine rings is 1. The lowest BCUT2D eigenvalue weighted by Gasteiger charge is -2.62. The Kier molecular flexibility index (Phi) is 2.74. The van der Waals surface area contributed by atoms with Crippen LogP contribution in [0.3, 0.4) is 0 Å². The number of nitrogens with zero attached hydrogens (tertiary/aromatic N) is 1. The van der Waals surface area contributed by atoms with Crippen molar-refractivity contribution >= 4 is 0 Å². The largest absolute Gasteiger partial charge is 0.383 e. The summed E-state index contributed by atoms with van der Waals surface area (Å²) in [5, 5.41) is 11.5. The van der Waals surface area contributed by atoms with E-state index >= 15 is 0 Å². The second kappa shape index (κ2) is 4.28. The van der Waals surface area contributed by atoms with Gasteiger partial charge in [0.05, 0.1) is 0 Å². The predicted octanol–water partition coefficient (Wildman–Crippen LogP) is 2.44. The Morgan fingerprint density at radius 2 is 1.80 bits per heavy atom. The van der Waals surface area contributed by atoms with Gasteiger partial charge in [0.15, 0.2) is 0 Å². The summed E-state index contributed by atoms with van der Waals surface area (Å²) in [6, 6.07) is 3.91. The summed E-state index contributed by atoms with van der Waals surface area (Å²) >= 11 is 0. The molecule has 1 aromatic rings. The minimum absolute atomic E-state index is 0.000463. The molecule has 4 saturated carbocycles. The molecule has 3 nitrogen and oxygen atoms in total. The molecule has 1 heterocycles. The van der Waals surface area contributed by atoms with Gasteiger partial charge in [-0.05, 0) is 62.3 Å². The molecule has 1 aromatic heterocycles. The van der Waals surface area contributed by atoms with Gasteiger partial charge in [0, 0.05) is 29.9 Å². The lowest BCUT2D eigenvalue weighted by molar-refractivity contribution is -0.180. The zero-order chi connectivity index (χ0) is 13.8. The van der Waals surface area contributed by atoms with Crippen LogP contribution in [0.5, 0.6) is 0 Å². The van der Waals surface area contributed by atoms with E-state index in [1.807, 2.05) is 18.3 Å². The van der Waals surface area contributed by atoms with E-state index in [2.05, 4.69) is 4.98 Å². The van der Waals surface area contributed by atoms with Crippen LogP contribution in [0, 0.1) is 23.2 Å². The van der Waals surface area contributed by atoms with E-state index in [9.17, 15) is 5.11 Å². The average Bonchev–Trinajstić information content (AvgIpc) is 2.46. The SMILES string of the molecule is NCC(O)(c1cccnc1)C12CC3CC(CC(C3)C1)C2. The van der Waals surface area contributed by atoms with Gasteiger partial charge in [-0.2, -0.15) is 0 Å². The fraction of sp³-hybridized carbons (Fsp3) is 0.706. The van der Waals surface area contributed by atoms with Crippen molar-refractivity contribution in [1.82, 2.24) is 4.98 Å². The standard InChI is InChI=1S/C17H24N2O/c18-11-17(20,15-2-1-3-19-10-15)16-7-12-4-13(8-16)6-14(5-12)9-16/h1-3,10,12-14,20H,4-9,11,18H2. The van der Waals surface area contributed by atoms with Gasteiger partial charge in [-0.3, -0.25) is 4.98 Å². The molecule has 0 amide bonds. The third kappa shape index (κ3) is 1.63. The molecule has 0 spiro atoms. The highest BCUT2D eigenvalue weighted by molar-refractivity contribution is 5.25. The van der Waals surface area contributed by atoms with Gasteiger partial charge in [0.25, 0.3) is 0 Å². The van der Waals surface area contributed by atoms with Crippen molar-refractivity contribution in [2.75, 3.05) is 6.54 Å². The number of nitrogens with two attached hydrogens (primary N) is 1. The maximum atomic E-state index is 11.5. The number of rotatable bonds is 3. The molecular formula is C17H24N2O. The fourth-order valence-corrected chi connectivity index (χ4v) is 5.87. The molecule has 1 atom stereocenters. The number of aliphatic hydroxyl groups is 1. The third-order valence-electron chi connectivity index (χ3n) is 6.35. The van der Waals surface area contributed by atoms with Crippen molar-refractivity contribution in [3.8, 4) is 0 Å². The minimum atomic E-state index is -0.892. The van der Waals surface area contributed by atoms with Crippen molar-refractivity contribution < 1.29 is 5.11 Å². The molecule has 3 N–H and O–H groups in total. The van der Waals surface area contributed by atoms with Crippen molar-refractivity contribution in [2.24, 2.45) is 28.9 Å². The Morgan fingerprint density at radius 1 is 1.20 bits per heavy atom. The first kappa shape index (κ1) is 12.8. The van der Waals surface area contributed by atoms with Gasteiger partial charge >= 0.3 is 0 Å². The Labute approximate surface area is 120 Å². The van der Waals surface area contributed by atoms with E-state index in [0.717, 1.165) is 42.6 Å². The first-order valence-electron chi connectivity index (χ1n) is 7.98. The average molecular weight is 272 g/mol. The second-order valence-corrected chi connectivity index (χ2v) is 7.50. The summed E-state index contributed by atoms with van der Waals surface area (Å²) in [4.78, 5) is 4.21. The summed E-state index contributed by atoms with van der Waals surface area (Å²) in [5.41, 5.74) is 6.11. The van der Waals surface area contributed by atoms with Gasteiger partial charge < -0.3 is 10.8 Å². The number of hydrogen-bond acceptors (Lipinski definition) is 3. The van der Waals surface area contributed by atoms with E-state index < -0.39 is 5.60 Å². The van der Waals surface area contributed by atoms with Gasteiger partial charge in [-0.1, -0.05) is 6.07 Å². The Balaban J connectivity index is 1.77. The van der Waals surface area contributed by atoms with Gasteiger partial charge in [0.1, 0.15) is 5.60 Å². The summed E-state index contributed by atoms with van der Waals surface area (Å²) in [6.07, 6.45) is 11.2. The van der Waals surface area contributed by atoms with Crippen LogP contribution in [-0.4, -0.2) is 16.6 Å². The molecule has 0 radical (unpaired) electrons. The topological polar surface area (TPSA) is 59.1 Å². The van der Waals surface area contributed by atoms with E-state index in [1.54, 1.807) is 6.20 Å². The molecule has 4 aliphatic rings. The molecule has 4 fully saturated rings. The summed E-state index contributed by atoms with van der Waals surface area (Å²) in [6.45, 7) is 0.310. The molecule has 0 aliphatic heterocycles. The van der Waals surface area contributed by atoms with Crippen LogP contribution >= 0.6 is 0 Å². The number of aromatic nitrogens is 1. The Morgan fingerprint density at radius 3 is 2.25 bits per heavy atom. The molecule has 5 rings (SSSR count). The zero-order valence-corrected chi connectivity index (χ0v) is 12.0. The van der Waals surface area contributed by atoms with Crippen molar-refractivity contribution in [3.05, 3.63) is 30.1 Å². The highest BCUT2D eigenvalue weighted by atomic mass is 16.3. The van der Waals surface area contributed by atoms with Crippen LogP contribution in [0.15, 0.2) is 24.5 Å². The van der Waals surface area contributed by atoms with Crippen LogP contribution in [0.1, 0.15) is 44.1 Å². The van der Waals surface area contributed by atoms with E-state index in [0.29, 0.717) is 6.54 Å². The third-order valence-corrected chi connectivity index (χ3v) is 6.35. The van der Waals surface area contributed by atoms with Crippen LogP contribution in [0.4, 0.5) is 0 Å². The first-order valence-corrected chi connectivity index (χ1v) is 7.98.